The lowest BCUT2D eigenvalue weighted by molar-refractivity contribution is 0.0368. The fourth-order valence-corrected chi connectivity index (χ4v) is 5.64. The van der Waals surface area contributed by atoms with Crippen LogP contribution in [0, 0.1) is 0 Å². The number of rotatable bonds is 4. The molecule has 2 aliphatic rings. The Morgan fingerprint density at radius 3 is 2.39 bits per heavy atom. The fraction of sp³-hybridized carbons (Fsp3) is 0.310. The first-order chi connectivity index (χ1) is 18.2. The standard InChI is InChI=1S/C29H27Cl2N3O4/c1-18(2)38-28(37)25-20(6-5-13-32-25)27(36)34-17-29(21-7-3-4-8-24(21)34)11-14-33(15-12-29)26(35)19-9-10-22(30)23(31)16-19/h3-10,13,16,18H,11-12,14-15,17H2,1-2H3. The van der Waals surface area contributed by atoms with Crippen LogP contribution in [0.4, 0.5) is 5.69 Å². The fourth-order valence-electron chi connectivity index (χ4n) is 5.34. The summed E-state index contributed by atoms with van der Waals surface area (Å²) < 4.78 is 5.33. The molecule has 1 spiro atoms. The number of fused-ring (bicyclic) bond motifs is 2. The molecule has 1 saturated heterocycles. The van der Waals surface area contributed by atoms with Crippen LogP contribution in [0.1, 0.15) is 63.5 Å². The molecule has 5 rings (SSSR count). The van der Waals surface area contributed by atoms with E-state index >= 15 is 0 Å². The van der Waals surface area contributed by atoms with E-state index in [4.69, 9.17) is 27.9 Å². The van der Waals surface area contributed by atoms with Crippen molar-refractivity contribution in [2.45, 2.75) is 38.2 Å². The topological polar surface area (TPSA) is 79.8 Å². The Bertz CT molecular complexity index is 1420. The number of hydrogen-bond acceptors (Lipinski definition) is 5. The van der Waals surface area contributed by atoms with Crippen LogP contribution in [0.3, 0.4) is 0 Å². The van der Waals surface area contributed by atoms with Gasteiger partial charge in [0, 0.05) is 42.5 Å². The highest BCUT2D eigenvalue weighted by molar-refractivity contribution is 6.42. The van der Waals surface area contributed by atoms with E-state index in [9.17, 15) is 14.4 Å². The number of benzene rings is 2. The Morgan fingerprint density at radius 1 is 0.947 bits per heavy atom. The zero-order chi connectivity index (χ0) is 27.0. The van der Waals surface area contributed by atoms with E-state index in [1.54, 1.807) is 49.1 Å². The molecule has 38 heavy (non-hydrogen) atoms. The Morgan fingerprint density at radius 2 is 1.68 bits per heavy atom. The van der Waals surface area contributed by atoms with Crippen molar-refractivity contribution in [3.05, 3.63) is 93.2 Å². The molecule has 1 aromatic heterocycles. The number of nitrogens with zero attached hydrogens (tertiary/aromatic N) is 3. The van der Waals surface area contributed by atoms with Gasteiger partial charge in [-0.25, -0.2) is 9.78 Å². The van der Waals surface area contributed by atoms with Crippen molar-refractivity contribution in [3.63, 3.8) is 0 Å². The van der Waals surface area contributed by atoms with Crippen LogP contribution in [0.5, 0.6) is 0 Å². The molecule has 1 fully saturated rings. The smallest absolute Gasteiger partial charge is 0.358 e. The number of aromatic nitrogens is 1. The van der Waals surface area contributed by atoms with Crippen molar-refractivity contribution in [2.24, 2.45) is 0 Å². The molecule has 0 aliphatic carbocycles. The minimum atomic E-state index is -0.625. The summed E-state index contributed by atoms with van der Waals surface area (Å²) in [6, 6.07) is 16.0. The molecule has 9 heteroatoms. The maximum absolute atomic E-state index is 13.9. The number of anilines is 1. The summed E-state index contributed by atoms with van der Waals surface area (Å²) in [5.41, 5.74) is 2.29. The van der Waals surface area contributed by atoms with Crippen LogP contribution in [-0.4, -0.2) is 53.4 Å². The number of esters is 1. The van der Waals surface area contributed by atoms with Crippen LogP contribution < -0.4 is 4.90 Å². The first kappa shape index (κ1) is 26.2. The monoisotopic (exact) mass is 551 g/mol. The highest BCUT2D eigenvalue weighted by Gasteiger charge is 2.47. The van der Waals surface area contributed by atoms with Gasteiger partial charge in [-0.15, -0.1) is 0 Å². The van der Waals surface area contributed by atoms with E-state index in [-0.39, 0.29) is 34.6 Å². The number of amides is 2. The van der Waals surface area contributed by atoms with E-state index in [2.05, 4.69) is 11.1 Å². The van der Waals surface area contributed by atoms with Gasteiger partial charge in [-0.1, -0.05) is 41.4 Å². The van der Waals surface area contributed by atoms with Crippen molar-refractivity contribution in [1.29, 1.82) is 0 Å². The quantitative estimate of drug-likeness (QED) is 0.383. The molecule has 3 heterocycles. The minimum Gasteiger partial charge on any atom is -0.458 e. The Labute approximate surface area is 231 Å². The van der Waals surface area contributed by atoms with Crippen molar-refractivity contribution in [2.75, 3.05) is 24.5 Å². The number of carbonyl (C=O) groups is 3. The molecule has 2 aromatic carbocycles. The zero-order valence-corrected chi connectivity index (χ0v) is 22.6. The molecule has 7 nitrogen and oxygen atoms in total. The average Bonchev–Trinajstić information content (AvgIpc) is 3.23. The second-order valence-electron chi connectivity index (χ2n) is 9.96. The number of hydrogen-bond donors (Lipinski definition) is 0. The highest BCUT2D eigenvalue weighted by Crippen LogP contribution is 2.47. The van der Waals surface area contributed by atoms with Gasteiger partial charge in [-0.2, -0.15) is 0 Å². The van der Waals surface area contributed by atoms with Gasteiger partial charge in [-0.3, -0.25) is 9.59 Å². The molecule has 0 unspecified atom stereocenters. The summed E-state index contributed by atoms with van der Waals surface area (Å²) in [6.45, 7) is 5.03. The summed E-state index contributed by atoms with van der Waals surface area (Å²) >= 11 is 12.1. The third kappa shape index (κ3) is 4.76. The van der Waals surface area contributed by atoms with Gasteiger partial charge in [0.25, 0.3) is 11.8 Å². The Hall–Kier alpha value is -3.42. The van der Waals surface area contributed by atoms with Gasteiger partial charge in [0.2, 0.25) is 0 Å². The molecular weight excluding hydrogens is 525 g/mol. The molecule has 0 bridgehead atoms. The van der Waals surface area contributed by atoms with Gasteiger partial charge in [0.15, 0.2) is 5.69 Å². The maximum Gasteiger partial charge on any atom is 0.358 e. The molecule has 2 aliphatic heterocycles. The molecular formula is C29H27Cl2N3O4. The molecule has 0 atom stereocenters. The minimum absolute atomic E-state index is 0.00618. The SMILES string of the molecule is CC(C)OC(=O)c1ncccc1C(=O)N1CC2(CCN(C(=O)c3ccc(Cl)c(Cl)c3)CC2)c2ccccc21. The molecule has 196 valence electrons. The second-order valence-corrected chi connectivity index (χ2v) is 10.8. The molecule has 2 amide bonds. The number of para-hydroxylation sites is 1. The summed E-state index contributed by atoms with van der Waals surface area (Å²) in [7, 11) is 0. The summed E-state index contributed by atoms with van der Waals surface area (Å²) in [4.78, 5) is 47.4. The first-order valence-corrected chi connectivity index (χ1v) is 13.3. The predicted octanol–water partition coefficient (Wildman–Crippen LogP) is 5.79. The predicted molar refractivity (Wildman–Crippen MR) is 146 cm³/mol. The lowest BCUT2D eigenvalue weighted by Gasteiger charge is -2.40. The molecule has 0 saturated carbocycles. The Kier molecular flexibility index (Phi) is 7.16. The maximum atomic E-state index is 13.9. The number of ether oxygens (including phenoxy) is 1. The number of halogens is 2. The van der Waals surface area contributed by atoms with Crippen LogP contribution in [0.25, 0.3) is 0 Å². The number of piperidine rings is 1. The lowest BCUT2D eigenvalue weighted by atomic mass is 9.74. The highest BCUT2D eigenvalue weighted by atomic mass is 35.5. The summed E-state index contributed by atoms with van der Waals surface area (Å²) in [5, 5.41) is 0.749. The van der Waals surface area contributed by atoms with Gasteiger partial charge >= 0.3 is 5.97 Å². The number of likely N-dealkylation sites (tertiary alicyclic amines) is 1. The van der Waals surface area contributed by atoms with Gasteiger partial charge < -0.3 is 14.5 Å². The van der Waals surface area contributed by atoms with Crippen LogP contribution in [-0.2, 0) is 10.2 Å². The van der Waals surface area contributed by atoms with Crippen LogP contribution in [0.2, 0.25) is 10.0 Å². The zero-order valence-electron chi connectivity index (χ0n) is 21.1. The van der Waals surface area contributed by atoms with Crippen LogP contribution in [0.15, 0.2) is 60.8 Å². The molecule has 0 radical (unpaired) electrons. The van der Waals surface area contributed by atoms with Crippen molar-refractivity contribution < 1.29 is 19.1 Å². The average molecular weight is 552 g/mol. The summed E-state index contributed by atoms with van der Waals surface area (Å²) in [5.74, 6) is -1.02. The number of carbonyl (C=O) groups excluding carboxylic acids is 3. The molecule has 0 N–H and O–H groups in total. The Balaban J connectivity index is 1.39. The normalized spacial score (nSPS) is 16.0. The van der Waals surface area contributed by atoms with E-state index in [0.29, 0.717) is 48.1 Å². The van der Waals surface area contributed by atoms with E-state index in [1.807, 2.05) is 23.1 Å². The van der Waals surface area contributed by atoms with Crippen molar-refractivity contribution in [1.82, 2.24) is 9.88 Å². The van der Waals surface area contributed by atoms with Crippen molar-refractivity contribution >= 4 is 46.7 Å². The lowest BCUT2D eigenvalue weighted by Crippen LogP contribution is -2.48. The van der Waals surface area contributed by atoms with Crippen LogP contribution >= 0.6 is 23.2 Å². The van der Waals surface area contributed by atoms with Gasteiger partial charge in [0.05, 0.1) is 21.7 Å². The van der Waals surface area contributed by atoms with E-state index < -0.39 is 5.97 Å². The molecule has 3 aromatic rings. The first-order valence-electron chi connectivity index (χ1n) is 12.5. The summed E-state index contributed by atoms with van der Waals surface area (Å²) in [6.07, 6.45) is 2.53. The second kappa shape index (κ2) is 10.4. The van der Waals surface area contributed by atoms with Gasteiger partial charge in [-0.05, 0) is 68.7 Å². The van der Waals surface area contributed by atoms with E-state index in [0.717, 1.165) is 11.3 Å². The number of pyridine rings is 1. The largest absolute Gasteiger partial charge is 0.458 e. The van der Waals surface area contributed by atoms with Crippen molar-refractivity contribution in [3.8, 4) is 0 Å². The third-order valence-electron chi connectivity index (χ3n) is 7.22. The third-order valence-corrected chi connectivity index (χ3v) is 7.96. The van der Waals surface area contributed by atoms with E-state index in [1.165, 1.54) is 6.20 Å². The van der Waals surface area contributed by atoms with Gasteiger partial charge in [0.1, 0.15) is 0 Å².